The second-order valence-electron chi connectivity index (χ2n) is 9.14. The Labute approximate surface area is 205 Å². The van der Waals surface area contributed by atoms with Gasteiger partial charge < -0.3 is 9.64 Å². The van der Waals surface area contributed by atoms with E-state index in [-0.39, 0.29) is 22.9 Å². The van der Waals surface area contributed by atoms with Gasteiger partial charge in [0, 0.05) is 24.7 Å². The zero-order valence-corrected chi connectivity index (χ0v) is 21.2. The standard InChI is InChI=1S/C25H29ClN2O5S/c1-16-15-27(25(30)33-21-7-5-4-6-8-21)24-13-18(9-10-23(24)28(16)17(2)29)19-11-20(26)14-22(12-19)34(3,31)32/h9-14,16,21H,4-8,15H2,1-3H3. The van der Waals surface area contributed by atoms with E-state index in [4.69, 9.17) is 16.3 Å². The van der Waals surface area contributed by atoms with Gasteiger partial charge in [0.1, 0.15) is 6.10 Å². The van der Waals surface area contributed by atoms with Crippen molar-refractivity contribution in [1.29, 1.82) is 0 Å². The van der Waals surface area contributed by atoms with Crippen LogP contribution in [-0.4, -0.2) is 45.4 Å². The van der Waals surface area contributed by atoms with E-state index >= 15 is 0 Å². The number of hydrogen-bond acceptors (Lipinski definition) is 5. The second-order valence-corrected chi connectivity index (χ2v) is 11.6. The lowest BCUT2D eigenvalue weighted by molar-refractivity contribution is -0.117. The fraction of sp³-hybridized carbons (Fsp3) is 0.440. The van der Waals surface area contributed by atoms with Gasteiger partial charge in [0.2, 0.25) is 5.91 Å². The maximum absolute atomic E-state index is 13.2. The molecule has 0 radical (unpaired) electrons. The predicted molar refractivity (Wildman–Crippen MR) is 133 cm³/mol. The van der Waals surface area contributed by atoms with Crippen molar-refractivity contribution >= 4 is 44.8 Å². The van der Waals surface area contributed by atoms with Crippen molar-refractivity contribution in [1.82, 2.24) is 0 Å². The van der Waals surface area contributed by atoms with Gasteiger partial charge in [0.15, 0.2) is 9.84 Å². The molecule has 2 aromatic rings. The summed E-state index contributed by atoms with van der Waals surface area (Å²) in [6.07, 6.45) is 5.57. The van der Waals surface area contributed by atoms with Crippen LogP contribution in [0.5, 0.6) is 0 Å². The van der Waals surface area contributed by atoms with E-state index in [0.29, 0.717) is 34.1 Å². The highest BCUT2D eigenvalue weighted by atomic mass is 35.5. The molecule has 1 heterocycles. The molecule has 1 aliphatic carbocycles. The highest BCUT2D eigenvalue weighted by molar-refractivity contribution is 7.90. The van der Waals surface area contributed by atoms with Gasteiger partial charge in [0.05, 0.1) is 22.3 Å². The van der Waals surface area contributed by atoms with Crippen LogP contribution in [0, 0.1) is 0 Å². The van der Waals surface area contributed by atoms with Crippen molar-refractivity contribution in [2.24, 2.45) is 0 Å². The van der Waals surface area contributed by atoms with E-state index in [1.54, 1.807) is 40.1 Å². The molecular formula is C25H29ClN2O5S. The normalized spacial score (nSPS) is 19.0. The summed E-state index contributed by atoms with van der Waals surface area (Å²) < 4.78 is 30.1. The van der Waals surface area contributed by atoms with Crippen molar-refractivity contribution in [2.45, 2.75) is 63.0 Å². The Hall–Kier alpha value is -2.58. The molecule has 1 unspecified atom stereocenters. The molecule has 1 saturated carbocycles. The van der Waals surface area contributed by atoms with Gasteiger partial charge in [-0.25, -0.2) is 13.2 Å². The van der Waals surface area contributed by atoms with Crippen molar-refractivity contribution in [3.63, 3.8) is 0 Å². The molecule has 34 heavy (non-hydrogen) atoms. The first-order valence-electron chi connectivity index (χ1n) is 11.5. The number of sulfone groups is 1. The average Bonchev–Trinajstić information content (AvgIpc) is 2.77. The Morgan fingerprint density at radius 3 is 2.35 bits per heavy atom. The summed E-state index contributed by atoms with van der Waals surface area (Å²) in [6, 6.07) is 9.79. The smallest absolute Gasteiger partial charge is 0.414 e. The summed E-state index contributed by atoms with van der Waals surface area (Å²) >= 11 is 6.22. The number of amides is 2. The third-order valence-corrected chi connectivity index (χ3v) is 7.74. The van der Waals surface area contributed by atoms with E-state index in [2.05, 4.69) is 0 Å². The highest BCUT2D eigenvalue weighted by Crippen LogP contribution is 2.40. The number of nitrogens with zero attached hydrogens (tertiary/aromatic N) is 2. The van der Waals surface area contributed by atoms with Gasteiger partial charge in [-0.1, -0.05) is 24.1 Å². The number of ether oxygens (including phenoxy) is 1. The number of rotatable bonds is 3. The molecule has 7 nitrogen and oxygen atoms in total. The molecule has 0 aromatic heterocycles. The average molecular weight is 505 g/mol. The van der Waals surface area contributed by atoms with Gasteiger partial charge in [-0.15, -0.1) is 0 Å². The Bertz CT molecular complexity index is 1220. The van der Waals surface area contributed by atoms with Crippen LogP contribution >= 0.6 is 11.6 Å². The van der Waals surface area contributed by atoms with Crippen molar-refractivity contribution in [2.75, 3.05) is 22.6 Å². The highest BCUT2D eigenvalue weighted by Gasteiger charge is 2.35. The van der Waals surface area contributed by atoms with E-state index in [1.807, 2.05) is 6.92 Å². The zero-order chi connectivity index (χ0) is 24.6. The molecule has 0 saturated heterocycles. The monoisotopic (exact) mass is 504 g/mol. The number of anilines is 2. The quantitative estimate of drug-likeness (QED) is 0.555. The van der Waals surface area contributed by atoms with Gasteiger partial charge >= 0.3 is 6.09 Å². The maximum atomic E-state index is 13.2. The molecule has 2 aliphatic rings. The van der Waals surface area contributed by atoms with Gasteiger partial charge in [-0.2, -0.15) is 0 Å². The first-order valence-corrected chi connectivity index (χ1v) is 13.7. The molecule has 0 spiro atoms. The topological polar surface area (TPSA) is 84.0 Å². The van der Waals surface area contributed by atoms with Crippen LogP contribution in [0.1, 0.15) is 46.0 Å². The van der Waals surface area contributed by atoms with Crippen molar-refractivity contribution < 1.29 is 22.7 Å². The Morgan fingerprint density at radius 2 is 1.71 bits per heavy atom. The lowest BCUT2D eigenvalue weighted by atomic mass is 9.98. The third-order valence-electron chi connectivity index (χ3n) is 6.43. The van der Waals surface area contributed by atoms with Crippen LogP contribution in [0.25, 0.3) is 11.1 Å². The number of benzene rings is 2. The minimum atomic E-state index is -3.46. The fourth-order valence-electron chi connectivity index (χ4n) is 4.79. The van der Waals surface area contributed by atoms with Crippen LogP contribution in [0.15, 0.2) is 41.3 Å². The van der Waals surface area contributed by atoms with Crippen LogP contribution < -0.4 is 9.80 Å². The first-order chi connectivity index (χ1) is 16.0. The van der Waals surface area contributed by atoms with Crippen LogP contribution in [-0.2, 0) is 19.4 Å². The maximum Gasteiger partial charge on any atom is 0.414 e. The molecular weight excluding hydrogens is 476 g/mol. The molecule has 1 atom stereocenters. The zero-order valence-electron chi connectivity index (χ0n) is 19.6. The summed E-state index contributed by atoms with van der Waals surface area (Å²) in [4.78, 5) is 29.0. The molecule has 1 aliphatic heterocycles. The molecule has 0 bridgehead atoms. The van der Waals surface area contributed by atoms with Gasteiger partial charge in [-0.05, 0) is 74.1 Å². The first kappa shape index (κ1) is 24.5. The SMILES string of the molecule is CC(=O)N1c2ccc(-c3cc(Cl)cc(S(C)(=O)=O)c3)cc2N(C(=O)OC2CCCCC2)CC1C. The van der Waals surface area contributed by atoms with E-state index in [9.17, 15) is 18.0 Å². The molecule has 4 rings (SSSR count). The molecule has 182 valence electrons. The van der Waals surface area contributed by atoms with E-state index in [1.165, 1.54) is 13.0 Å². The minimum absolute atomic E-state index is 0.0979. The Morgan fingerprint density at radius 1 is 1.00 bits per heavy atom. The Balaban J connectivity index is 1.77. The van der Waals surface area contributed by atoms with Crippen LogP contribution in [0.4, 0.5) is 16.2 Å². The lowest BCUT2D eigenvalue weighted by Gasteiger charge is -2.41. The molecule has 0 N–H and O–H groups in total. The summed E-state index contributed by atoms with van der Waals surface area (Å²) in [5.74, 6) is -0.121. The molecule has 2 aromatic carbocycles. The molecule has 1 fully saturated rings. The summed E-state index contributed by atoms with van der Waals surface area (Å²) in [7, 11) is -3.46. The van der Waals surface area contributed by atoms with Crippen LogP contribution in [0.3, 0.4) is 0 Å². The van der Waals surface area contributed by atoms with E-state index < -0.39 is 15.9 Å². The van der Waals surface area contributed by atoms with Crippen molar-refractivity contribution in [3.05, 3.63) is 41.4 Å². The summed E-state index contributed by atoms with van der Waals surface area (Å²) in [6.45, 7) is 3.69. The summed E-state index contributed by atoms with van der Waals surface area (Å²) in [5, 5.41) is 0.295. The lowest BCUT2D eigenvalue weighted by Crippen LogP contribution is -2.52. The fourth-order valence-corrected chi connectivity index (χ4v) is 5.77. The molecule has 9 heteroatoms. The number of fused-ring (bicyclic) bond motifs is 1. The number of hydrogen-bond donors (Lipinski definition) is 0. The summed E-state index contributed by atoms with van der Waals surface area (Å²) in [5.41, 5.74) is 2.44. The number of carbonyl (C=O) groups excluding carboxylic acids is 2. The Kier molecular flexibility index (Phi) is 6.92. The largest absolute Gasteiger partial charge is 0.446 e. The van der Waals surface area contributed by atoms with Crippen LogP contribution in [0.2, 0.25) is 5.02 Å². The number of halogens is 1. The van der Waals surface area contributed by atoms with Crippen molar-refractivity contribution in [3.8, 4) is 11.1 Å². The second kappa shape index (κ2) is 9.58. The third kappa shape index (κ3) is 5.08. The predicted octanol–water partition coefficient (Wildman–Crippen LogP) is 5.44. The minimum Gasteiger partial charge on any atom is -0.446 e. The van der Waals surface area contributed by atoms with Gasteiger partial charge in [0.25, 0.3) is 0 Å². The van der Waals surface area contributed by atoms with E-state index in [0.717, 1.165) is 38.4 Å². The number of carbonyl (C=O) groups is 2. The molecule has 2 amide bonds. The van der Waals surface area contributed by atoms with Gasteiger partial charge in [-0.3, -0.25) is 9.69 Å².